The number of carbonyl (C=O) groups is 1. The standard InChI is InChI=1S/C18H21F3N4O3/c1-24-6-3-15(23-24)22-17(27)14(10-12-4-8-28-9-5-12)25-7-2-13(11-16(25)26)18(19,20)21/h2-3,6-7,11-12,14H,4-5,8-10H2,1H3,(H,22,23,27). The van der Waals surface area contributed by atoms with Crippen molar-refractivity contribution in [3.8, 4) is 0 Å². The first kappa shape index (κ1) is 20.1. The van der Waals surface area contributed by atoms with Gasteiger partial charge in [0.15, 0.2) is 5.82 Å². The Morgan fingerprint density at radius 2 is 2.04 bits per heavy atom. The number of aryl methyl sites for hydroxylation is 1. The Hall–Kier alpha value is -2.62. The molecule has 0 aromatic carbocycles. The molecule has 3 heterocycles. The lowest BCUT2D eigenvalue weighted by Gasteiger charge is -2.27. The second-order valence-electron chi connectivity index (χ2n) is 6.83. The Morgan fingerprint density at radius 1 is 1.32 bits per heavy atom. The monoisotopic (exact) mass is 398 g/mol. The zero-order valence-corrected chi connectivity index (χ0v) is 15.3. The number of anilines is 1. The Bertz CT molecular complexity index is 885. The van der Waals surface area contributed by atoms with E-state index in [9.17, 15) is 22.8 Å². The van der Waals surface area contributed by atoms with E-state index in [0.29, 0.717) is 31.5 Å². The number of halogens is 3. The van der Waals surface area contributed by atoms with E-state index in [0.717, 1.165) is 29.7 Å². The third-order valence-electron chi connectivity index (χ3n) is 4.78. The minimum Gasteiger partial charge on any atom is -0.381 e. The van der Waals surface area contributed by atoms with Gasteiger partial charge < -0.3 is 14.6 Å². The number of nitrogens with zero attached hydrogens (tertiary/aromatic N) is 3. The van der Waals surface area contributed by atoms with Gasteiger partial charge in [-0.15, -0.1) is 0 Å². The SMILES string of the molecule is Cn1ccc(NC(=O)C(CC2CCOCC2)n2ccc(C(F)(F)F)cc2=O)n1. The zero-order chi connectivity index (χ0) is 20.3. The van der Waals surface area contributed by atoms with E-state index >= 15 is 0 Å². The lowest BCUT2D eigenvalue weighted by molar-refractivity contribution is -0.137. The van der Waals surface area contributed by atoms with E-state index in [1.165, 1.54) is 4.68 Å². The summed E-state index contributed by atoms with van der Waals surface area (Å²) >= 11 is 0. The van der Waals surface area contributed by atoms with Gasteiger partial charge in [0, 0.05) is 44.8 Å². The number of alkyl halides is 3. The third-order valence-corrected chi connectivity index (χ3v) is 4.78. The molecule has 3 rings (SSSR count). The Kier molecular flexibility index (Phi) is 5.87. The predicted molar refractivity (Wildman–Crippen MR) is 94.7 cm³/mol. The number of pyridine rings is 1. The number of aromatic nitrogens is 3. The molecule has 1 saturated heterocycles. The molecular weight excluding hydrogens is 377 g/mol. The fourth-order valence-corrected chi connectivity index (χ4v) is 3.26. The van der Waals surface area contributed by atoms with Crippen LogP contribution in [0.4, 0.5) is 19.0 Å². The average Bonchev–Trinajstić information content (AvgIpc) is 3.04. The molecule has 152 valence electrons. The highest BCUT2D eigenvalue weighted by molar-refractivity contribution is 5.92. The van der Waals surface area contributed by atoms with Crippen LogP contribution in [0.5, 0.6) is 0 Å². The molecule has 1 amide bonds. The number of carbonyl (C=O) groups excluding carboxylic acids is 1. The normalized spacial score (nSPS) is 16.7. The fraction of sp³-hybridized carbons (Fsp3) is 0.500. The molecule has 1 fully saturated rings. The first-order valence-corrected chi connectivity index (χ1v) is 8.91. The molecule has 7 nitrogen and oxygen atoms in total. The number of nitrogens with one attached hydrogen (secondary N) is 1. The summed E-state index contributed by atoms with van der Waals surface area (Å²) in [4.78, 5) is 25.2. The molecule has 0 saturated carbocycles. The summed E-state index contributed by atoms with van der Waals surface area (Å²) in [6.07, 6.45) is -0.163. The topological polar surface area (TPSA) is 78.2 Å². The maximum atomic E-state index is 12.9. The van der Waals surface area contributed by atoms with Gasteiger partial charge in [-0.3, -0.25) is 14.3 Å². The van der Waals surface area contributed by atoms with Crippen molar-refractivity contribution in [2.45, 2.75) is 31.5 Å². The molecule has 2 aromatic heterocycles. The first-order chi connectivity index (χ1) is 13.2. The van der Waals surface area contributed by atoms with Gasteiger partial charge in [0.05, 0.1) is 5.56 Å². The van der Waals surface area contributed by atoms with E-state index in [1.807, 2.05) is 0 Å². The number of rotatable bonds is 5. The minimum atomic E-state index is -4.62. The zero-order valence-electron chi connectivity index (χ0n) is 15.3. The van der Waals surface area contributed by atoms with Gasteiger partial charge in [-0.05, 0) is 31.2 Å². The van der Waals surface area contributed by atoms with Gasteiger partial charge in [-0.2, -0.15) is 18.3 Å². The maximum Gasteiger partial charge on any atom is 0.416 e. The van der Waals surface area contributed by atoms with Crippen molar-refractivity contribution in [1.29, 1.82) is 0 Å². The molecule has 0 radical (unpaired) electrons. The van der Waals surface area contributed by atoms with Gasteiger partial charge in [-0.25, -0.2) is 0 Å². The van der Waals surface area contributed by atoms with Gasteiger partial charge in [0.2, 0.25) is 5.91 Å². The summed E-state index contributed by atoms with van der Waals surface area (Å²) in [6, 6.07) is 1.98. The molecular formula is C18H21F3N4O3. The third kappa shape index (κ3) is 4.80. The quantitative estimate of drug-likeness (QED) is 0.840. The van der Waals surface area contributed by atoms with Crippen molar-refractivity contribution < 1.29 is 22.7 Å². The molecule has 0 aliphatic carbocycles. The van der Waals surface area contributed by atoms with Gasteiger partial charge in [-0.1, -0.05) is 0 Å². The van der Waals surface area contributed by atoms with Crippen LogP contribution in [0.1, 0.15) is 30.9 Å². The summed E-state index contributed by atoms with van der Waals surface area (Å²) in [7, 11) is 1.69. The highest BCUT2D eigenvalue weighted by atomic mass is 19.4. The second kappa shape index (κ2) is 8.17. The Labute approximate surface area is 159 Å². The molecule has 1 unspecified atom stereocenters. The van der Waals surface area contributed by atoms with E-state index in [-0.39, 0.29) is 5.92 Å². The van der Waals surface area contributed by atoms with E-state index in [2.05, 4.69) is 10.4 Å². The van der Waals surface area contributed by atoms with Crippen molar-refractivity contribution in [2.24, 2.45) is 13.0 Å². The summed E-state index contributed by atoms with van der Waals surface area (Å²) in [5.41, 5.74) is -1.91. The number of hydrogen-bond acceptors (Lipinski definition) is 4. The first-order valence-electron chi connectivity index (χ1n) is 8.91. The van der Waals surface area contributed by atoms with Crippen LogP contribution in [0.3, 0.4) is 0 Å². The summed E-state index contributed by atoms with van der Waals surface area (Å²) in [6.45, 7) is 1.11. The van der Waals surface area contributed by atoms with Gasteiger partial charge >= 0.3 is 6.18 Å². The largest absolute Gasteiger partial charge is 0.416 e. The van der Waals surface area contributed by atoms with Crippen LogP contribution in [0.15, 0.2) is 35.4 Å². The van der Waals surface area contributed by atoms with Crippen LogP contribution < -0.4 is 10.9 Å². The molecule has 1 N–H and O–H groups in total. The van der Waals surface area contributed by atoms with E-state index in [4.69, 9.17) is 4.74 Å². The van der Waals surface area contributed by atoms with Crippen LogP contribution >= 0.6 is 0 Å². The van der Waals surface area contributed by atoms with Crippen LogP contribution in [-0.2, 0) is 22.8 Å². The van der Waals surface area contributed by atoms with Crippen LogP contribution in [0.25, 0.3) is 0 Å². The second-order valence-corrected chi connectivity index (χ2v) is 6.83. The molecule has 10 heteroatoms. The molecule has 1 aliphatic rings. The van der Waals surface area contributed by atoms with E-state index < -0.39 is 29.2 Å². The average molecular weight is 398 g/mol. The van der Waals surface area contributed by atoms with Crippen molar-refractivity contribution in [3.63, 3.8) is 0 Å². The highest BCUT2D eigenvalue weighted by Crippen LogP contribution is 2.29. The molecule has 1 atom stereocenters. The van der Waals surface area contributed by atoms with Crippen molar-refractivity contribution in [1.82, 2.24) is 14.3 Å². The number of ether oxygens (including phenoxy) is 1. The summed E-state index contributed by atoms with van der Waals surface area (Å²) in [5, 5.41) is 6.71. The Morgan fingerprint density at radius 3 is 2.61 bits per heavy atom. The van der Waals surface area contributed by atoms with Crippen LogP contribution in [0.2, 0.25) is 0 Å². The number of amides is 1. The van der Waals surface area contributed by atoms with Crippen LogP contribution in [-0.4, -0.2) is 33.5 Å². The van der Waals surface area contributed by atoms with E-state index in [1.54, 1.807) is 19.3 Å². The van der Waals surface area contributed by atoms with Gasteiger partial charge in [0.1, 0.15) is 6.04 Å². The smallest absolute Gasteiger partial charge is 0.381 e. The lowest BCUT2D eigenvalue weighted by Crippen LogP contribution is -2.35. The van der Waals surface area contributed by atoms with Crippen LogP contribution in [0, 0.1) is 5.92 Å². The predicted octanol–water partition coefficient (Wildman–Crippen LogP) is 2.60. The van der Waals surface area contributed by atoms with Gasteiger partial charge in [0.25, 0.3) is 5.56 Å². The van der Waals surface area contributed by atoms with Crippen molar-refractivity contribution in [3.05, 3.63) is 46.5 Å². The fourth-order valence-electron chi connectivity index (χ4n) is 3.26. The highest BCUT2D eigenvalue weighted by Gasteiger charge is 2.33. The van der Waals surface area contributed by atoms with Crippen molar-refractivity contribution >= 4 is 11.7 Å². The number of hydrogen-bond donors (Lipinski definition) is 1. The Balaban J connectivity index is 1.88. The lowest BCUT2D eigenvalue weighted by atomic mass is 9.92. The van der Waals surface area contributed by atoms with Crippen molar-refractivity contribution in [2.75, 3.05) is 18.5 Å². The molecule has 0 spiro atoms. The minimum absolute atomic E-state index is 0.127. The maximum absolute atomic E-state index is 12.9. The summed E-state index contributed by atoms with van der Waals surface area (Å²) in [5.74, 6) is -0.0566. The molecule has 28 heavy (non-hydrogen) atoms. The molecule has 2 aromatic rings. The molecule has 1 aliphatic heterocycles. The molecule has 0 bridgehead atoms. The summed E-state index contributed by atoms with van der Waals surface area (Å²) < 4.78 is 46.5.